The summed E-state index contributed by atoms with van der Waals surface area (Å²) in [5.74, 6) is 0.754. The smallest absolute Gasteiger partial charge is 0.191 e. The Morgan fingerprint density at radius 1 is 1.13 bits per heavy atom. The second kappa shape index (κ2) is 10.8. The first-order valence-corrected chi connectivity index (χ1v) is 11.7. The topological polar surface area (TPSA) is 63.1 Å². The molecular weight excluding hydrogens is 394 g/mol. The molecule has 2 aromatic rings. The summed E-state index contributed by atoms with van der Waals surface area (Å²) in [6.45, 7) is 12.3. The number of hydrogen-bond donors (Lipinski definition) is 3. The van der Waals surface area contributed by atoms with Gasteiger partial charge in [0.1, 0.15) is 5.60 Å². The number of rotatable bonds is 8. The third kappa shape index (κ3) is 6.20. The van der Waals surface area contributed by atoms with E-state index in [-0.39, 0.29) is 0 Å². The molecule has 1 saturated heterocycles. The number of thiophene rings is 1. The van der Waals surface area contributed by atoms with Crippen molar-refractivity contribution >= 4 is 23.0 Å². The molecule has 1 fully saturated rings. The summed E-state index contributed by atoms with van der Waals surface area (Å²) in [5, 5.41) is 19.5. The van der Waals surface area contributed by atoms with Crippen LogP contribution < -0.4 is 15.5 Å². The largest absolute Gasteiger partial charge is 0.383 e. The van der Waals surface area contributed by atoms with Crippen LogP contribution in [0.5, 0.6) is 0 Å². The van der Waals surface area contributed by atoms with E-state index in [1.54, 1.807) is 11.3 Å². The average molecular weight is 430 g/mol. The van der Waals surface area contributed by atoms with Crippen molar-refractivity contribution in [3.63, 3.8) is 0 Å². The maximum absolute atomic E-state index is 10.7. The quantitative estimate of drug-likeness (QED) is 0.445. The number of guanidine groups is 1. The summed E-state index contributed by atoms with van der Waals surface area (Å²) in [6.07, 6.45) is 0. The van der Waals surface area contributed by atoms with Gasteiger partial charge in [0.15, 0.2) is 5.96 Å². The fraction of sp³-hybridized carbons (Fsp3) is 0.522. The van der Waals surface area contributed by atoms with Crippen LogP contribution in [0.4, 0.5) is 5.69 Å². The molecule has 0 spiro atoms. The van der Waals surface area contributed by atoms with Gasteiger partial charge in [-0.05, 0) is 44.4 Å². The minimum Gasteiger partial charge on any atom is -0.383 e. The van der Waals surface area contributed by atoms with E-state index in [0.29, 0.717) is 12.6 Å². The molecule has 164 valence electrons. The maximum Gasteiger partial charge on any atom is 0.191 e. The highest BCUT2D eigenvalue weighted by molar-refractivity contribution is 7.10. The second-order valence-corrected chi connectivity index (χ2v) is 8.98. The summed E-state index contributed by atoms with van der Waals surface area (Å²) >= 11 is 1.56. The van der Waals surface area contributed by atoms with E-state index in [1.165, 1.54) is 5.69 Å². The minimum absolute atomic E-state index is 0.326. The van der Waals surface area contributed by atoms with Gasteiger partial charge in [0.25, 0.3) is 0 Å². The maximum atomic E-state index is 10.7. The molecule has 0 aliphatic carbocycles. The lowest BCUT2D eigenvalue weighted by Gasteiger charge is -2.39. The van der Waals surface area contributed by atoms with Gasteiger partial charge in [-0.3, -0.25) is 4.90 Å². The molecule has 0 saturated carbocycles. The highest BCUT2D eigenvalue weighted by Crippen LogP contribution is 2.25. The molecular formula is C23H35N5OS. The Balaban J connectivity index is 1.48. The van der Waals surface area contributed by atoms with Crippen LogP contribution >= 0.6 is 11.3 Å². The predicted octanol–water partition coefficient (Wildman–Crippen LogP) is 2.72. The van der Waals surface area contributed by atoms with Gasteiger partial charge >= 0.3 is 0 Å². The number of aliphatic hydroxyl groups is 1. The van der Waals surface area contributed by atoms with Crippen molar-refractivity contribution in [2.45, 2.75) is 32.4 Å². The fourth-order valence-electron chi connectivity index (χ4n) is 3.67. The van der Waals surface area contributed by atoms with Gasteiger partial charge < -0.3 is 20.6 Å². The molecule has 1 aromatic carbocycles. The Hall–Kier alpha value is -2.09. The molecule has 0 radical (unpaired) electrons. The molecule has 6 nitrogen and oxygen atoms in total. The van der Waals surface area contributed by atoms with E-state index < -0.39 is 5.60 Å². The zero-order valence-electron chi connectivity index (χ0n) is 18.3. The molecule has 2 heterocycles. The van der Waals surface area contributed by atoms with Crippen LogP contribution in [0.2, 0.25) is 0 Å². The van der Waals surface area contributed by atoms with Crippen molar-refractivity contribution in [2.24, 2.45) is 4.99 Å². The monoisotopic (exact) mass is 429 g/mol. The molecule has 1 aromatic heterocycles. The lowest BCUT2D eigenvalue weighted by atomic mass is 10.1. The molecule has 0 bridgehead atoms. The molecule has 1 aliphatic rings. The van der Waals surface area contributed by atoms with Crippen molar-refractivity contribution in [1.29, 1.82) is 0 Å². The molecule has 1 aliphatic heterocycles. The van der Waals surface area contributed by atoms with Crippen LogP contribution in [0, 0.1) is 0 Å². The lowest BCUT2D eigenvalue weighted by molar-refractivity contribution is 0.0711. The zero-order valence-corrected chi connectivity index (χ0v) is 19.2. The van der Waals surface area contributed by atoms with E-state index in [9.17, 15) is 5.11 Å². The van der Waals surface area contributed by atoms with E-state index in [2.05, 4.69) is 69.6 Å². The number of anilines is 1. The molecule has 0 amide bonds. The van der Waals surface area contributed by atoms with Crippen molar-refractivity contribution in [1.82, 2.24) is 15.5 Å². The number of nitrogens with zero attached hydrogens (tertiary/aromatic N) is 3. The number of hydrogen-bond acceptors (Lipinski definition) is 5. The third-order valence-electron chi connectivity index (χ3n) is 5.57. The molecule has 30 heavy (non-hydrogen) atoms. The van der Waals surface area contributed by atoms with E-state index in [0.717, 1.165) is 50.1 Å². The van der Waals surface area contributed by atoms with E-state index >= 15 is 0 Å². The van der Waals surface area contributed by atoms with Gasteiger partial charge in [0, 0.05) is 55.9 Å². The Kier molecular flexibility index (Phi) is 8.13. The van der Waals surface area contributed by atoms with Gasteiger partial charge in [-0.1, -0.05) is 24.3 Å². The first-order valence-electron chi connectivity index (χ1n) is 10.8. The Morgan fingerprint density at radius 2 is 1.87 bits per heavy atom. The first-order chi connectivity index (χ1) is 14.5. The van der Waals surface area contributed by atoms with Gasteiger partial charge in [0.2, 0.25) is 0 Å². The van der Waals surface area contributed by atoms with E-state index in [4.69, 9.17) is 0 Å². The van der Waals surface area contributed by atoms with Crippen molar-refractivity contribution in [3.05, 3.63) is 52.7 Å². The summed E-state index contributed by atoms with van der Waals surface area (Å²) < 4.78 is 0. The summed E-state index contributed by atoms with van der Waals surface area (Å²) in [5.41, 5.74) is 0.359. The molecule has 7 heteroatoms. The zero-order chi connectivity index (χ0) is 21.4. The molecule has 2 unspecified atom stereocenters. The number of para-hydroxylation sites is 1. The van der Waals surface area contributed by atoms with Gasteiger partial charge in [-0.25, -0.2) is 4.99 Å². The van der Waals surface area contributed by atoms with Crippen molar-refractivity contribution in [3.8, 4) is 0 Å². The van der Waals surface area contributed by atoms with Crippen LogP contribution in [-0.4, -0.2) is 67.8 Å². The number of aliphatic imine (C=N–C) groups is 1. The normalized spacial score (nSPS) is 18.7. The lowest BCUT2D eigenvalue weighted by Crippen LogP contribution is -2.53. The molecule has 2 atom stereocenters. The number of nitrogens with one attached hydrogen (secondary N) is 2. The number of benzene rings is 1. The van der Waals surface area contributed by atoms with Crippen molar-refractivity contribution in [2.75, 3.05) is 50.7 Å². The average Bonchev–Trinajstić information content (AvgIpc) is 3.32. The third-order valence-corrected chi connectivity index (χ3v) is 6.69. The standard InChI is InChI=1S/C23H35N5OS/c1-4-24-22(26-18-23(3,29)21-11-8-16-30-21)25-17-19(2)27-12-14-28(15-13-27)20-9-6-5-7-10-20/h5-11,16,19,29H,4,12-15,17-18H2,1-3H3,(H2,24,25,26). The number of piperazine rings is 1. The molecule has 3 rings (SSSR count). The van der Waals surface area contributed by atoms with Gasteiger partial charge in [-0.2, -0.15) is 0 Å². The van der Waals surface area contributed by atoms with Crippen LogP contribution in [0.15, 0.2) is 52.8 Å². The summed E-state index contributed by atoms with van der Waals surface area (Å²) in [6, 6.07) is 15.0. The van der Waals surface area contributed by atoms with Crippen molar-refractivity contribution < 1.29 is 5.11 Å². The van der Waals surface area contributed by atoms with E-state index in [1.807, 2.05) is 24.4 Å². The Labute approximate surface area is 184 Å². The SMILES string of the molecule is CCNC(=NCC(C)(O)c1cccs1)NCC(C)N1CCN(c2ccccc2)CC1. The Bertz CT molecular complexity index is 770. The van der Waals surface area contributed by atoms with Crippen LogP contribution in [-0.2, 0) is 5.60 Å². The van der Waals surface area contributed by atoms with Gasteiger partial charge in [-0.15, -0.1) is 11.3 Å². The minimum atomic E-state index is -0.949. The summed E-state index contributed by atoms with van der Waals surface area (Å²) in [4.78, 5) is 10.5. The summed E-state index contributed by atoms with van der Waals surface area (Å²) in [7, 11) is 0. The second-order valence-electron chi connectivity index (χ2n) is 8.03. The highest BCUT2D eigenvalue weighted by Gasteiger charge is 2.24. The highest BCUT2D eigenvalue weighted by atomic mass is 32.1. The first kappa shape index (κ1) is 22.6. The predicted molar refractivity (Wildman–Crippen MR) is 128 cm³/mol. The van der Waals surface area contributed by atoms with Crippen LogP contribution in [0.25, 0.3) is 0 Å². The van der Waals surface area contributed by atoms with Crippen LogP contribution in [0.1, 0.15) is 25.6 Å². The van der Waals surface area contributed by atoms with Gasteiger partial charge in [0.05, 0.1) is 6.54 Å². The van der Waals surface area contributed by atoms with Crippen LogP contribution in [0.3, 0.4) is 0 Å². The molecule has 3 N–H and O–H groups in total. The fourth-order valence-corrected chi connectivity index (χ4v) is 4.45. The Morgan fingerprint density at radius 3 is 2.50 bits per heavy atom.